The molecule has 0 aliphatic carbocycles. The Balaban J connectivity index is 2.14. The second-order valence-electron chi connectivity index (χ2n) is 5.42. The van der Waals surface area contributed by atoms with Crippen molar-refractivity contribution in [1.29, 1.82) is 0 Å². The van der Waals surface area contributed by atoms with Crippen LogP contribution in [0.1, 0.15) is 12.5 Å². The van der Waals surface area contributed by atoms with Gasteiger partial charge >= 0.3 is 6.18 Å². The lowest BCUT2D eigenvalue weighted by molar-refractivity contribution is -0.137. The Hall–Kier alpha value is -2.68. The number of carbonyl (C=O) groups is 1. The maximum Gasteiger partial charge on any atom is 0.416 e. The average molecular weight is 378 g/mol. The predicted molar refractivity (Wildman–Crippen MR) is 91.0 cm³/mol. The summed E-state index contributed by atoms with van der Waals surface area (Å²) in [6.07, 6.45) is -1.33. The summed E-state index contributed by atoms with van der Waals surface area (Å²) >= 11 is 1.12. The van der Waals surface area contributed by atoms with E-state index in [0.717, 1.165) is 23.9 Å². The van der Waals surface area contributed by atoms with E-state index in [4.69, 9.17) is 0 Å². The molecule has 5 nitrogen and oxygen atoms in total. The van der Waals surface area contributed by atoms with Crippen molar-refractivity contribution in [3.8, 4) is 17.1 Å². The number of nitrogens with zero attached hydrogens (tertiary/aromatic N) is 4. The monoisotopic (exact) mass is 378 g/mol. The molecule has 134 valence electrons. The normalized spacial score (nSPS) is 11.5. The number of hydrogen-bond donors (Lipinski definition) is 0. The van der Waals surface area contributed by atoms with Crippen LogP contribution in [-0.4, -0.2) is 31.3 Å². The molecule has 1 aromatic carbocycles. The lowest BCUT2D eigenvalue weighted by Gasteiger charge is -2.13. The SMILES string of the molecule is CC(=O)CSc1nnc(-c2cccnc2)n1-c1cccc(C(F)(F)F)c1. The highest BCUT2D eigenvalue weighted by Gasteiger charge is 2.31. The highest BCUT2D eigenvalue weighted by atomic mass is 32.2. The molecule has 0 aliphatic rings. The van der Waals surface area contributed by atoms with Crippen LogP contribution in [0.3, 0.4) is 0 Å². The maximum absolute atomic E-state index is 13.1. The van der Waals surface area contributed by atoms with Crippen molar-refractivity contribution in [2.75, 3.05) is 5.75 Å². The minimum Gasteiger partial charge on any atom is -0.299 e. The predicted octanol–water partition coefficient (Wildman–Crippen LogP) is 4.03. The zero-order chi connectivity index (χ0) is 18.7. The number of halogens is 3. The van der Waals surface area contributed by atoms with Crippen LogP contribution in [-0.2, 0) is 11.0 Å². The molecule has 26 heavy (non-hydrogen) atoms. The summed E-state index contributed by atoms with van der Waals surface area (Å²) in [5, 5.41) is 8.47. The number of carbonyl (C=O) groups excluding carboxylic acids is 1. The highest BCUT2D eigenvalue weighted by Crippen LogP contribution is 2.33. The fourth-order valence-electron chi connectivity index (χ4n) is 2.27. The second-order valence-corrected chi connectivity index (χ2v) is 6.36. The number of pyridine rings is 1. The fraction of sp³-hybridized carbons (Fsp3) is 0.176. The van der Waals surface area contributed by atoms with E-state index in [0.29, 0.717) is 16.5 Å². The summed E-state index contributed by atoms with van der Waals surface area (Å²) in [6.45, 7) is 1.43. The topological polar surface area (TPSA) is 60.7 Å². The van der Waals surface area contributed by atoms with Crippen LogP contribution in [0.25, 0.3) is 17.1 Å². The van der Waals surface area contributed by atoms with Crippen molar-refractivity contribution in [2.45, 2.75) is 18.3 Å². The van der Waals surface area contributed by atoms with Crippen molar-refractivity contribution in [2.24, 2.45) is 0 Å². The molecule has 0 saturated heterocycles. The molecule has 3 aromatic rings. The Morgan fingerprint density at radius 3 is 2.65 bits per heavy atom. The highest BCUT2D eigenvalue weighted by molar-refractivity contribution is 7.99. The van der Waals surface area contributed by atoms with Gasteiger partial charge in [0.05, 0.1) is 17.0 Å². The van der Waals surface area contributed by atoms with Crippen molar-refractivity contribution in [1.82, 2.24) is 19.7 Å². The van der Waals surface area contributed by atoms with Gasteiger partial charge in [-0.1, -0.05) is 17.8 Å². The molecule has 0 spiro atoms. The van der Waals surface area contributed by atoms with Gasteiger partial charge in [0, 0.05) is 18.0 Å². The van der Waals surface area contributed by atoms with Crippen LogP contribution in [0.5, 0.6) is 0 Å². The first-order valence-electron chi connectivity index (χ1n) is 7.52. The number of Topliss-reactive ketones (excluding diaryl/α,β-unsaturated/α-hetero) is 1. The van der Waals surface area contributed by atoms with Crippen molar-refractivity contribution in [3.05, 3.63) is 54.4 Å². The van der Waals surface area contributed by atoms with Gasteiger partial charge in [0.2, 0.25) is 0 Å². The lowest BCUT2D eigenvalue weighted by Crippen LogP contribution is -2.07. The molecule has 0 N–H and O–H groups in total. The fourth-order valence-corrected chi connectivity index (χ4v) is 3.02. The van der Waals surface area contributed by atoms with Gasteiger partial charge in [0.15, 0.2) is 11.0 Å². The van der Waals surface area contributed by atoms with Crippen LogP contribution < -0.4 is 0 Å². The average Bonchev–Trinajstić information content (AvgIpc) is 3.04. The van der Waals surface area contributed by atoms with E-state index < -0.39 is 11.7 Å². The molecular formula is C17H13F3N4OS. The lowest BCUT2D eigenvalue weighted by atomic mass is 10.2. The Bertz CT molecular complexity index is 925. The van der Waals surface area contributed by atoms with E-state index in [1.807, 2.05) is 0 Å². The van der Waals surface area contributed by atoms with Crippen molar-refractivity contribution < 1.29 is 18.0 Å². The number of alkyl halides is 3. The van der Waals surface area contributed by atoms with E-state index >= 15 is 0 Å². The Labute approximate surface area is 151 Å². The summed E-state index contributed by atoms with van der Waals surface area (Å²) in [5.41, 5.74) is 0.0881. The molecule has 2 aromatic heterocycles. The molecule has 0 bridgehead atoms. The van der Waals surface area contributed by atoms with Gasteiger partial charge in [-0.05, 0) is 37.3 Å². The van der Waals surface area contributed by atoms with Crippen LogP contribution in [0.2, 0.25) is 0 Å². The standard InChI is InChI=1S/C17H13F3N4OS/c1-11(25)10-26-16-23-22-15(12-4-3-7-21-9-12)24(16)14-6-2-5-13(8-14)17(18,19)20/h2-9H,10H2,1H3. The summed E-state index contributed by atoms with van der Waals surface area (Å²) in [5.74, 6) is 0.421. The van der Waals surface area contributed by atoms with Crippen LogP contribution >= 0.6 is 11.8 Å². The molecule has 2 heterocycles. The third-order valence-electron chi connectivity index (χ3n) is 3.39. The zero-order valence-electron chi connectivity index (χ0n) is 13.6. The Morgan fingerprint density at radius 2 is 2.00 bits per heavy atom. The van der Waals surface area contributed by atoms with Gasteiger partial charge in [0.25, 0.3) is 0 Å². The van der Waals surface area contributed by atoms with E-state index in [2.05, 4.69) is 15.2 Å². The minimum absolute atomic E-state index is 0.0727. The molecule has 0 radical (unpaired) electrons. The molecule has 0 aliphatic heterocycles. The van der Waals surface area contributed by atoms with Gasteiger partial charge in [-0.25, -0.2) is 0 Å². The largest absolute Gasteiger partial charge is 0.416 e. The van der Waals surface area contributed by atoms with Crippen LogP contribution in [0, 0.1) is 0 Å². The van der Waals surface area contributed by atoms with Crippen molar-refractivity contribution >= 4 is 17.5 Å². The first-order valence-corrected chi connectivity index (χ1v) is 8.50. The molecule has 3 rings (SSSR count). The van der Waals surface area contributed by atoms with Gasteiger partial charge in [-0.3, -0.25) is 14.3 Å². The second kappa shape index (κ2) is 7.28. The number of hydrogen-bond acceptors (Lipinski definition) is 5. The van der Waals surface area contributed by atoms with Crippen molar-refractivity contribution in [3.63, 3.8) is 0 Å². The molecule has 0 saturated carbocycles. The molecular weight excluding hydrogens is 365 g/mol. The van der Waals surface area contributed by atoms with Crippen LogP contribution in [0.15, 0.2) is 53.9 Å². The molecule has 9 heteroatoms. The summed E-state index contributed by atoms with van der Waals surface area (Å²) in [7, 11) is 0. The third kappa shape index (κ3) is 3.93. The smallest absolute Gasteiger partial charge is 0.299 e. The van der Waals surface area contributed by atoms with Crippen LogP contribution in [0.4, 0.5) is 13.2 Å². The third-order valence-corrected chi connectivity index (χ3v) is 4.46. The molecule has 0 amide bonds. The number of ketones is 1. The summed E-state index contributed by atoms with van der Waals surface area (Å²) in [6, 6.07) is 8.32. The number of thioether (sulfide) groups is 1. The van der Waals surface area contributed by atoms with Gasteiger partial charge in [0.1, 0.15) is 5.78 Å². The first-order chi connectivity index (χ1) is 12.4. The first kappa shape index (κ1) is 18.1. The minimum atomic E-state index is -4.47. The summed E-state index contributed by atoms with van der Waals surface area (Å²) < 4.78 is 40.8. The quantitative estimate of drug-likeness (QED) is 0.628. The summed E-state index contributed by atoms with van der Waals surface area (Å²) in [4.78, 5) is 15.3. The molecule has 0 fully saturated rings. The Kier molecular flexibility index (Phi) is 5.08. The maximum atomic E-state index is 13.1. The number of benzene rings is 1. The number of aromatic nitrogens is 4. The van der Waals surface area contributed by atoms with E-state index in [-0.39, 0.29) is 17.2 Å². The van der Waals surface area contributed by atoms with E-state index in [1.165, 1.54) is 23.6 Å². The molecule has 0 unspecified atom stereocenters. The van der Waals surface area contributed by atoms with Gasteiger partial charge in [-0.2, -0.15) is 13.2 Å². The van der Waals surface area contributed by atoms with Gasteiger partial charge in [-0.15, -0.1) is 10.2 Å². The van der Waals surface area contributed by atoms with E-state index in [1.54, 1.807) is 24.5 Å². The zero-order valence-corrected chi connectivity index (χ0v) is 14.4. The Morgan fingerprint density at radius 1 is 1.19 bits per heavy atom. The molecule has 0 atom stereocenters. The van der Waals surface area contributed by atoms with Gasteiger partial charge < -0.3 is 0 Å². The number of rotatable bonds is 5. The van der Waals surface area contributed by atoms with E-state index in [9.17, 15) is 18.0 Å².